The van der Waals surface area contributed by atoms with Gasteiger partial charge in [0.25, 0.3) is 0 Å². The lowest BCUT2D eigenvalue weighted by atomic mass is 10.1. The molecule has 0 saturated carbocycles. The minimum absolute atomic E-state index is 0.0122. The summed E-state index contributed by atoms with van der Waals surface area (Å²) in [7, 11) is -8.52. The maximum absolute atomic E-state index is 11.2. The van der Waals surface area contributed by atoms with E-state index in [-0.39, 0.29) is 25.8 Å². The molecule has 0 heterocycles. The monoisotopic (exact) mass is 290 g/mol. The van der Waals surface area contributed by atoms with Crippen molar-refractivity contribution in [3.8, 4) is 0 Å². The Labute approximate surface area is 99.7 Å². The van der Waals surface area contributed by atoms with Crippen molar-refractivity contribution >= 4 is 15.2 Å². The minimum atomic E-state index is -4.38. The summed E-state index contributed by atoms with van der Waals surface area (Å²) in [6, 6.07) is -0.766. The van der Waals surface area contributed by atoms with Gasteiger partial charge >= 0.3 is 15.2 Å². The topological polar surface area (TPSA) is 167 Å². The molecule has 0 aliphatic rings. The molecule has 0 radical (unpaired) electrons. The fourth-order valence-electron chi connectivity index (χ4n) is 1.52. The molecule has 0 aliphatic heterocycles. The molecule has 0 aromatic heterocycles. The largest absolute Gasteiger partial charge is 0.330 e. The van der Waals surface area contributed by atoms with E-state index in [1.54, 1.807) is 0 Å². The second-order valence-electron chi connectivity index (χ2n) is 3.93. The van der Waals surface area contributed by atoms with Crippen LogP contribution in [0.3, 0.4) is 0 Å². The molecule has 0 rings (SSSR count). The number of hydrogen-bond acceptors (Lipinski definition) is 4. The van der Waals surface area contributed by atoms with Gasteiger partial charge in [-0.2, -0.15) is 0 Å². The van der Waals surface area contributed by atoms with Crippen LogP contribution in [0.1, 0.15) is 19.3 Å². The second kappa shape index (κ2) is 6.97. The van der Waals surface area contributed by atoms with E-state index in [9.17, 15) is 9.13 Å². The highest BCUT2D eigenvalue weighted by atomic mass is 31.2. The SMILES string of the molecule is NCCC(N)C(CCCP(=O)(O)O)P(=O)(O)O. The fraction of sp³-hybridized carbons (Fsp3) is 1.00. The Bertz CT molecular complexity index is 313. The van der Waals surface area contributed by atoms with Gasteiger partial charge in [0, 0.05) is 12.2 Å². The van der Waals surface area contributed by atoms with E-state index in [0.29, 0.717) is 0 Å². The standard InChI is InChI=1S/C7H20N2O6P2/c8-4-3-6(9)7(17(13,14)15)2-1-5-16(10,11)12/h6-7H,1-5,8-9H2,(H2,10,11,12)(H2,13,14,15). The van der Waals surface area contributed by atoms with E-state index < -0.39 is 33.1 Å². The molecule has 0 amide bonds. The van der Waals surface area contributed by atoms with Crippen LogP contribution in [0.25, 0.3) is 0 Å². The van der Waals surface area contributed by atoms with Gasteiger partial charge in [0.1, 0.15) is 0 Å². The van der Waals surface area contributed by atoms with Crippen molar-refractivity contribution in [2.75, 3.05) is 12.7 Å². The molecule has 2 atom stereocenters. The van der Waals surface area contributed by atoms with Crippen molar-refractivity contribution in [3.05, 3.63) is 0 Å². The van der Waals surface area contributed by atoms with Crippen molar-refractivity contribution in [1.29, 1.82) is 0 Å². The molecule has 0 aromatic rings. The zero-order chi connectivity index (χ0) is 13.7. The van der Waals surface area contributed by atoms with Crippen LogP contribution in [0.4, 0.5) is 0 Å². The zero-order valence-electron chi connectivity index (χ0n) is 9.34. The molecular weight excluding hydrogens is 270 g/mol. The minimum Gasteiger partial charge on any atom is -0.330 e. The van der Waals surface area contributed by atoms with Gasteiger partial charge in [-0.1, -0.05) is 0 Å². The summed E-state index contributed by atoms with van der Waals surface area (Å²) in [6.07, 6.45) is -0.167. The molecule has 0 aliphatic carbocycles. The first-order chi connectivity index (χ1) is 7.58. The molecule has 2 unspecified atom stereocenters. The van der Waals surface area contributed by atoms with E-state index >= 15 is 0 Å². The summed E-state index contributed by atoms with van der Waals surface area (Å²) < 4.78 is 21.8. The molecule has 0 bridgehead atoms. The number of rotatable bonds is 8. The average molecular weight is 290 g/mol. The maximum atomic E-state index is 11.2. The smallest absolute Gasteiger partial charge is 0.330 e. The van der Waals surface area contributed by atoms with Crippen LogP contribution in [0, 0.1) is 0 Å². The van der Waals surface area contributed by atoms with Gasteiger partial charge in [-0.05, 0) is 25.8 Å². The Morgan fingerprint density at radius 1 is 1.06 bits per heavy atom. The van der Waals surface area contributed by atoms with Crippen LogP contribution in [0.5, 0.6) is 0 Å². The van der Waals surface area contributed by atoms with Crippen LogP contribution < -0.4 is 11.5 Å². The number of nitrogens with two attached hydrogens (primary N) is 2. The first kappa shape index (κ1) is 17.2. The molecule has 8 N–H and O–H groups in total. The highest BCUT2D eigenvalue weighted by Crippen LogP contribution is 2.46. The summed E-state index contributed by atoms with van der Waals surface area (Å²) in [6.45, 7) is 0.205. The van der Waals surface area contributed by atoms with Gasteiger partial charge in [-0.25, -0.2) is 0 Å². The first-order valence-electron chi connectivity index (χ1n) is 5.13. The summed E-state index contributed by atoms with van der Waals surface area (Å²) in [5, 5.41) is 0. The van der Waals surface area contributed by atoms with Gasteiger partial charge in [0.05, 0.1) is 5.66 Å². The summed E-state index contributed by atoms with van der Waals surface area (Å²) in [4.78, 5) is 35.5. The Morgan fingerprint density at radius 2 is 1.59 bits per heavy atom. The quantitative estimate of drug-likeness (QED) is 0.315. The zero-order valence-corrected chi connectivity index (χ0v) is 11.1. The van der Waals surface area contributed by atoms with Crippen LogP contribution in [0.15, 0.2) is 0 Å². The molecule has 10 heteroatoms. The van der Waals surface area contributed by atoms with Gasteiger partial charge < -0.3 is 31.0 Å². The van der Waals surface area contributed by atoms with Crippen LogP contribution >= 0.6 is 15.2 Å². The first-order valence-corrected chi connectivity index (χ1v) is 8.61. The van der Waals surface area contributed by atoms with E-state index in [1.165, 1.54) is 0 Å². The second-order valence-corrected chi connectivity index (χ2v) is 7.55. The van der Waals surface area contributed by atoms with Crippen molar-refractivity contribution in [3.63, 3.8) is 0 Å². The van der Waals surface area contributed by atoms with Gasteiger partial charge in [-0.3, -0.25) is 9.13 Å². The molecule has 8 nitrogen and oxygen atoms in total. The van der Waals surface area contributed by atoms with Gasteiger partial charge in [-0.15, -0.1) is 0 Å². The lowest BCUT2D eigenvalue weighted by Gasteiger charge is -2.24. The summed E-state index contributed by atoms with van der Waals surface area (Å²) >= 11 is 0. The van der Waals surface area contributed by atoms with Crippen LogP contribution in [0.2, 0.25) is 0 Å². The molecule has 104 valence electrons. The maximum Gasteiger partial charge on any atom is 0.330 e. The predicted molar refractivity (Wildman–Crippen MR) is 63.6 cm³/mol. The summed E-state index contributed by atoms with van der Waals surface area (Å²) in [5.74, 6) is 0. The van der Waals surface area contributed by atoms with E-state index in [0.717, 1.165) is 0 Å². The van der Waals surface area contributed by atoms with Crippen molar-refractivity contribution in [2.24, 2.45) is 11.5 Å². The Balaban J connectivity index is 4.42. The third-order valence-corrected chi connectivity index (χ3v) is 4.78. The fourth-order valence-corrected chi connectivity index (χ4v) is 3.28. The highest BCUT2D eigenvalue weighted by molar-refractivity contribution is 7.52. The molecule has 0 saturated heterocycles. The average Bonchev–Trinajstić information content (AvgIpc) is 2.08. The third kappa shape index (κ3) is 8.02. The van der Waals surface area contributed by atoms with E-state index in [2.05, 4.69) is 0 Å². The van der Waals surface area contributed by atoms with Crippen molar-refractivity contribution in [1.82, 2.24) is 0 Å². The molecule has 0 spiro atoms. The molecular formula is C7H20N2O6P2. The number of hydrogen-bond donors (Lipinski definition) is 6. The van der Waals surface area contributed by atoms with Crippen molar-refractivity contribution < 1.29 is 28.7 Å². The lowest BCUT2D eigenvalue weighted by Crippen LogP contribution is -2.36. The lowest BCUT2D eigenvalue weighted by molar-refractivity contribution is 0.336. The Hall–Kier alpha value is 0.220. The normalized spacial score (nSPS) is 16.8. The van der Waals surface area contributed by atoms with E-state index in [4.69, 9.17) is 31.0 Å². The van der Waals surface area contributed by atoms with Crippen molar-refractivity contribution in [2.45, 2.75) is 31.0 Å². The van der Waals surface area contributed by atoms with Crippen LogP contribution in [-0.4, -0.2) is 44.0 Å². The Morgan fingerprint density at radius 3 is 1.94 bits per heavy atom. The summed E-state index contributed by atoms with van der Waals surface area (Å²) in [5.41, 5.74) is 9.75. The molecule has 0 aromatic carbocycles. The predicted octanol–water partition coefficient (Wildman–Crippen LogP) is -0.833. The third-order valence-electron chi connectivity index (χ3n) is 2.38. The van der Waals surface area contributed by atoms with Gasteiger partial charge in [0.15, 0.2) is 0 Å². The molecule has 17 heavy (non-hydrogen) atoms. The molecule has 0 fully saturated rings. The highest BCUT2D eigenvalue weighted by Gasteiger charge is 2.33. The Kier molecular flexibility index (Phi) is 7.06. The van der Waals surface area contributed by atoms with Crippen LogP contribution in [-0.2, 0) is 9.13 Å². The van der Waals surface area contributed by atoms with E-state index in [1.807, 2.05) is 0 Å². The van der Waals surface area contributed by atoms with Gasteiger partial charge in [0.2, 0.25) is 0 Å².